The first kappa shape index (κ1) is 34.0. The molecule has 0 unspecified atom stereocenters. The van der Waals surface area contributed by atoms with Crippen LogP contribution in [0.1, 0.15) is 0 Å². The van der Waals surface area contributed by atoms with Gasteiger partial charge in [-0.15, -0.1) is 11.3 Å². The maximum absolute atomic E-state index is 2.36. The Hall–Kier alpha value is -7.26. The summed E-state index contributed by atoms with van der Waals surface area (Å²) < 4.78 is 2.65. The van der Waals surface area contributed by atoms with E-state index in [1.54, 1.807) is 0 Å². The smallest absolute Gasteiger partial charge is 0.0462 e. The van der Waals surface area contributed by atoms with Crippen LogP contribution in [0.25, 0.3) is 86.2 Å². The molecule has 0 bridgehead atoms. The topological polar surface area (TPSA) is 3.24 Å². The highest BCUT2D eigenvalue weighted by molar-refractivity contribution is 7.26. The standard InChI is InChI=1S/C56H37NS/c1-2-9-38(10-3-1)39-17-19-40(20-18-39)41-23-30-47(31-24-41)57(49-34-27-44(28-35-49)52-14-8-15-54-53-13-6-7-16-55(53)58-56(52)54)48-32-25-42(26-33-48)45-29-36-51-46(37-45)22-21-43-11-4-5-12-50(43)51/h1-37H. The van der Waals surface area contributed by atoms with Gasteiger partial charge in [0.15, 0.2) is 0 Å². The molecule has 0 saturated carbocycles. The predicted molar refractivity (Wildman–Crippen MR) is 251 cm³/mol. The first-order valence-electron chi connectivity index (χ1n) is 19.8. The fourth-order valence-corrected chi connectivity index (χ4v) is 9.73. The third-order valence-corrected chi connectivity index (χ3v) is 12.7. The lowest BCUT2D eigenvalue weighted by molar-refractivity contribution is 1.28. The third kappa shape index (κ3) is 6.12. The molecule has 2 heteroatoms. The molecule has 1 aromatic heterocycles. The van der Waals surface area contributed by atoms with Crippen LogP contribution in [-0.2, 0) is 0 Å². The number of rotatable bonds is 7. The molecule has 272 valence electrons. The Morgan fingerprint density at radius 3 is 1.41 bits per heavy atom. The van der Waals surface area contributed by atoms with Gasteiger partial charge in [0.2, 0.25) is 0 Å². The van der Waals surface area contributed by atoms with Gasteiger partial charge in [0.05, 0.1) is 0 Å². The zero-order valence-corrected chi connectivity index (χ0v) is 32.5. The van der Waals surface area contributed by atoms with Crippen LogP contribution in [-0.4, -0.2) is 0 Å². The van der Waals surface area contributed by atoms with Crippen molar-refractivity contribution in [1.29, 1.82) is 0 Å². The third-order valence-electron chi connectivity index (χ3n) is 11.5. The molecule has 0 amide bonds. The minimum absolute atomic E-state index is 1.11. The van der Waals surface area contributed by atoms with Crippen molar-refractivity contribution in [2.24, 2.45) is 0 Å². The molecule has 0 aliphatic carbocycles. The molecule has 0 spiro atoms. The summed E-state index contributed by atoms with van der Waals surface area (Å²) in [6.07, 6.45) is 0. The van der Waals surface area contributed by atoms with Crippen LogP contribution in [0.5, 0.6) is 0 Å². The van der Waals surface area contributed by atoms with Crippen LogP contribution in [0.3, 0.4) is 0 Å². The second kappa shape index (κ2) is 14.4. The van der Waals surface area contributed by atoms with Gasteiger partial charge in [-0.2, -0.15) is 0 Å². The monoisotopic (exact) mass is 755 g/mol. The van der Waals surface area contributed by atoms with Crippen LogP contribution in [0.4, 0.5) is 17.1 Å². The fraction of sp³-hybridized carbons (Fsp3) is 0. The maximum Gasteiger partial charge on any atom is 0.0462 e. The predicted octanol–water partition coefficient (Wildman–Crippen LogP) is 16.5. The largest absolute Gasteiger partial charge is 0.311 e. The van der Waals surface area contributed by atoms with Crippen molar-refractivity contribution in [2.75, 3.05) is 4.90 Å². The SMILES string of the molecule is c1ccc(-c2ccc(-c3ccc(N(c4ccc(-c5ccc6c(ccc7ccccc76)c5)cc4)c4ccc(-c5cccc6c5sc5ccccc56)cc4)cc3)cc2)cc1. The summed E-state index contributed by atoms with van der Waals surface area (Å²) >= 11 is 1.88. The summed E-state index contributed by atoms with van der Waals surface area (Å²) in [6.45, 7) is 0. The van der Waals surface area contributed by atoms with E-state index in [9.17, 15) is 0 Å². The van der Waals surface area contributed by atoms with E-state index in [1.165, 1.54) is 86.2 Å². The van der Waals surface area contributed by atoms with Gasteiger partial charge in [-0.3, -0.25) is 0 Å². The van der Waals surface area contributed by atoms with Gasteiger partial charge in [-0.1, -0.05) is 176 Å². The molecule has 11 aromatic rings. The lowest BCUT2D eigenvalue weighted by Crippen LogP contribution is -2.09. The highest BCUT2D eigenvalue weighted by Gasteiger charge is 2.16. The Morgan fingerprint density at radius 1 is 0.276 bits per heavy atom. The molecule has 10 aromatic carbocycles. The summed E-state index contributed by atoms with van der Waals surface area (Å²) in [6, 6.07) is 81.8. The maximum atomic E-state index is 2.36. The number of benzene rings is 10. The minimum Gasteiger partial charge on any atom is -0.311 e. The summed E-state index contributed by atoms with van der Waals surface area (Å²) in [5, 5.41) is 7.74. The second-order valence-corrected chi connectivity index (χ2v) is 16.0. The Labute approximate surface area is 342 Å². The number of hydrogen-bond donors (Lipinski definition) is 0. The first-order chi connectivity index (χ1) is 28.7. The molecule has 0 fully saturated rings. The molecule has 11 rings (SSSR count). The highest BCUT2D eigenvalue weighted by atomic mass is 32.1. The zero-order valence-electron chi connectivity index (χ0n) is 31.7. The summed E-state index contributed by atoms with van der Waals surface area (Å²) in [5.41, 5.74) is 13.1. The number of nitrogens with zero attached hydrogens (tertiary/aromatic N) is 1. The van der Waals surface area contributed by atoms with Gasteiger partial charge >= 0.3 is 0 Å². The number of thiophene rings is 1. The van der Waals surface area contributed by atoms with Gasteiger partial charge < -0.3 is 4.90 Å². The number of hydrogen-bond acceptors (Lipinski definition) is 2. The van der Waals surface area contributed by atoms with E-state index < -0.39 is 0 Å². The average Bonchev–Trinajstić information content (AvgIpc) is 3.69. The fourth-order valence-electron chi connectivity index (χ4n) is 8.50. The van der Waals surface area contributed by atoms with Gasteiger partial charge in [-0.05, 0) is 115 Å². The van der Waals surface area contributed by atoms with Gasteiger partial charge in [0.25, 0.3) is 0 Å². The van der Waals surface area contributed by atoms with E-state index in [1.807, 2.05) is 11.3 Å². The van der Waals surface area contributed by atoms with Crippen molar-refractivity contribution in [3.05, 3.63) is 224 Å². The van der Waals surface area contributed by atoms with Crippen molar-refractivity contribution >= 4 is 70.1 Å². The van der Waals surface area contributed by atoms with Crippen molar-refractivity contribution < 1.29 is 0 Å². The van der Waals surface area contributed by atoms with E-state index in [2.05, 4.69) is 229 Å². The van der Waals surface area contributed by atoms with Crippen LogP contribution >= 0.6 is 11.3 Å². The van der Waals surface area contributed by atoms with E-state index in [-0.39, 0.29) is 0 Å². The Bertz CT molecular complexity index is 3230. The highest BCUT2D eigenvalue weighted by Crippen LogP contribution is 2.42. The van der Waals surface area contributed by atoms with Gasteiger partial charge in [0.1, 0.15) is 0 Å². The summed E-state index contributed by atoms with van der Waals surface area (Å²) in [7, 11) is 0. The van der Waals surface area contributed by atoms with E-state index >= 15 is 0 Å². The molecule has 1 nitrogen and oxygen atoms in total. The Balaban J connectivity index is 0.955. The van der Waals surface area contributed by atoms with E-state index in [0.717, 1.165) is 17.1 Å². The van der Waals surface area contributed by atoms with Crippen molar-refractivity contribution in [2.45, 2.75) is 0 Å². The molecule has 0 aliphatic heterocycles. The average molecular weight is 756 g/mol. The lowest BCUT2D eigenvalue weighted by atomic mass is 9.97. The number of anilines is 3. The van der Waals surface area contributed by atoms with Crippen molar-refractivity contribution in [3.8, 4) is 44.5 Å². The normalized spacial score (nSPS) is 11.4. The van der Waals surface area contributed by atoms with Crippen LogP contribution < -0.4 is 4.90 Å². The quantitative estimate of drug-likeness (QED) is 0.146. The summed E-state index contributed by atoms with van der Waals surface area (Å²) in [4.78, 5) is 2.36. The lowest BCUT2D eigenvalue weighted by Gasteiger charge is -2.26. The van der Waals surface area contributed by atoms with Crippen LogP contribution in [0.15, 0.2) is 224 Å². The van der Waals surface area contributed by atoms with E-state index in [0.29, 0.717) is 0 Å². The Morgan fingerprint density at radius 2 is 0.741 bits per heavy atom. The molecule has 0 saturated heterocycles. The first-order valence-corrected chi connectivity index (χ1v) is 20.6. The minimum atomic E-state index is 1.11. The summed E-state index contributed by atoms with van der Waals surface area (Å²) in [5.74, 6) is 0. The molecule has 1 heterocycles. The number of fused-ring (bicyclic) bond motifs is 6. The molecular weight excluding hydrogens is 719 g/mol. The molecule has 58 heavy (non-hydrogen) atoms. The van der Waals surface area contributed by atoms with E-state index in [4.69, 9.17) is 0 Å². The molecule has 0 N–H and O–H groups in total. The van der Waals surface area contributed by atoms with Gasteiger partial charge in [-0.25, -0.2) is 0 Å². The van der Waals surface area contributed by atoms with Crippen LogP contribution in [0, 0.1) is 0 Å². The van der Waals surface area contributed by atoms with Crippen molar-refractivity contribution in [1.82, 2.24) is 0 Å². The second-order valence-electron chi connectivity index (χ2n) is 14.9. The molecular formula is C56H37NS. The van der Waals surface area contributed by atoms with Gasteiger partial charge in [0, 0.05) is 37.2 Å². The molecule has 0 atom stereocenters. The molecule has 0 radical (unpaired) electrons. The Kier molecular flexibility index (Phi) is 8.42. The zero-order chi connectivity index (χ0) is 38.4. The van der Waals surface area contributed by atoms with Crippen LogP contribution in [0.2, 0.25) is 0 Å². The van der Waals surface area contributed by atoms with Crippen molar-refractivity contribution in [3.63, 3.8) is 0 Å². The molecule has 0 aliphatic rings.